The van der Waals surface area contributed by atoms with Crippen LogP contribution in [0.3, 0.4) is 0 Å². The molecular weight excluding hydrogens is 909 g/mol. The van der Waals surface area contributed by atoms with E-state index < -0.39 is 84.6 Å². The number of ether oxygens (including phenoxy) is 8. The number of hydrogen-bond donors (Lipinski definition) is 11. The SMILES string of the molecule is COc1cc(C2=C(O[C@@H]3O[C@H](COC(=O)C=Cc4ccc(O)cc4)[C@@H](O)[C@H](O)[C@H]3O)C3=C4C(=CC(O)=CC4OC(c4c(O)cc(O)c5c4[OH+][C@H](c4ccc(O)c(O)c4)[C@H](O)C5)=C3)O2)cc(OC)c1O. The first-order chi connectivity index (χ1) is 33.0. The first-order valence-corrected chi connectivity index (χ1v) is 21.2. The Morgan fingerprint density at radius 2 is 1.52 bits per heavy atom. The van der Waals surface area contributed by atoms with Gasteiger partial charge in [0.1, 0.15) is 71.7 Å². The molecule has 12 N–H and O–H groups in total. The van der Waals surface area contributed by atoms with E-state index in [0.29, 0.717) is 5.56 Å². The van der Waals surface area contributed by atoms with E-state index in [1.165, 1.54) is 81.0 Å². The molecule has 4 heterocycles. The molecule has 0 bridgehead atoms. The van der Waals surface area contributed by atoms with Crippen LogP contribution in [-0.2, 0) is 34.9 Å². The van der Waals surface area contributed by atoms with Gasteiger partial charge in [0.15, 0.2) is 46.2 Å². The molecule has 0 aromatic heterocycles. The van der Waals surface area contributed by atoms with Crippen LogP contribution in [0.1, 0.15) is 33.9 Å². The molecule has 0 spiro atoms. The minimum Gasteiger partial charge on any atom is -0.575 e. The monoisotopic (exact) mass is 953 g/mol. The van der Waals surface area contributed by atoms with Gasteiger partial charge in [-0.2, -0.15) is 0 Å². The first kappa shape index (κ1) is 46.1. The number of phenols is 6. The van der Waals surface area contributed by atoms with E-state index in [-0.39, 0.29) is 97.4 Å². The average molecular weight is 954 g/mol. The van der Waals surface area contributed by atoms with E-state index in [0.717, 1.165) is 12.1 Å². The van der Waals surface area contributed by atoms with Crippen molar-refractivity contribution in [2.24, 2.45) is 0 Å². The molecule has 4 aliphatic heterocycles. The van der Waals surface area contributed by atoms with Crippen LogP contribution in [0.4, 0.5) is 0 Å². The van der Waals surface area contributed by atoms with E-state index >= 15 is 0 Å². The van der Waals surface area contributed by atoms with Gasteiger partial charge >= 0.3 is 5.97 Å². The van der Waals surface area contributed by atoms with E-state index in [4.69, 9.17) is 37.9 Å². The zero-order valence-corrected chi connectivity index (χ0v) is 36.3. The molecule has 1 unspecified atom stereocenters. The molecule has 0 amide bonds. The number of aliphatic hydroxyl groups excluding tert-OH is 5. The maximum atomic E-state index is 12.8. The summed E-state index contributed by atoms with van der Waals surface area (Å²) in [6.07, 6.45) is -6.38. The highest BCUT2D eigenvalue weighted by atomic mass is 16.7. The summed E-state index contributed by atoms with van der Waals surface area (Å²) in [6, 6.07) is 13.6. The number of methoxy groups -OCH3 is 2. The van der Waals surface area contributed by atoms with Gasteiger partial charge in [-0.1, -0.05) is 12.1 Å². The fourth-order valence-electron chi connectivity index (χ4n) is 8.48. The molecule has 20 heteroatoms. The van der Waals surface area contributed by atoms with Crippen molar-refractivity contribution in [1.29, 1.82) is 0 Å². The fraction of sp³-hybridized carbons (Fsp3) is 0.245. The number of rotatable bonds is 11. The van der Waals surface area contributed by atoms with Gasteiger partial charge in [-0.15, -0.1) is 0 Å². The van der Waals surface area contributed by atoms with Crippen LogP contribution >= 0.6 is 0 Å². The van der Waals surface area contributed by atoms with Crippen LogP contribution < -0.4 is 9.47 Å². The minimum absolute atomic E-state index is 0.0151. The number of fused-ring (bicyclic) bond motifs is 1. The second kappa shape index (κ2) is 18.2. The molecule has 1 aliphatic carbocycles. The predicted molar refractivity (Wildman–Crippen MR) is 237 cm³/mol. The molecule has 20 nitrogen and oxygen atoms in total. The van der Waals surface area contributed by atoms with Crippen molar-refractivity contribution in [2.45, 2.75) is 55.4 Å². The molecule has 1 fully saturated rings. The molecule has 8 atom stereocenters. The molecule has 0 radical (unpaired) electrons. The Morgan fingerprint density at radius 3 is 2.22 bits per heavy atom. The summed E-state index contributed by atoms with van der Waals surface area (Å²) >= 11 is 0. The normalized spacial score (nSPS) is 24.9. The number of allylic oxidation sites excluding steroid dienone is 2. The van der Waals surface area contributed by atoms with Crippen LogP contribution in [0.2, 0.25) is 0 Å². The number of benzene rings is 4. The highest BCUT2D eigenvalue weighted by Gasteiger charge is 2.49. The van der Waals surface area contributed by atoms with Crippen LogP contribution in [0.25, 0.3) is 17.6 Å². The van der Waals surface area contributed by atoms with Gasteiger partial charge in [-0.25, -0.2) is 4.79 Å². The smallest absolute Gasteiger partial charge is 0.330 e. The van der Waals surface area contributed by atoms with Crippen LogP contribution in [0.5, 0.6) is 51.7 Å². The second-order valence-electron chi connectivity index (χ2n) is 16.4. The lowest BCUT2D eigenvalue weighted by Gasteiger charge is -2.42. The number of esters is 1. The molecular formula is C49H45O20+. The maximum absolute atomic E-state index is 12.8. The molecule has 0 saturated carbocycles. The number of phenolic OH excluding ortho intramolecular Hbond substituents is 6. The van der Waals surface area contributed by atoms with E-state index in [9.17, 15) is 61.0 Å². The van der Waals surface area contributed by atoms with E-state index in [1.807, 2.05) is 0 Å². The van der Waals surface area contributed by atoms with Crippen molar-refractivity contribution < 1.29 is 98.9 Å². The van der Waals surface area contributed by atoms with Crippen molar-refractivity contribution in [2.75, 3.05) is 20.8 Å². The van der Waals surface area contributed by atoms with Crippen molar-refractivity contribution in [3.8, 4) is 51.7 Å². The summed E-state index contributed by atoms with van der Waals surface area (Å²) in [4.78, 5) is 12.8. The summed E-state index contributed by atoms with van der Waals surface area (Å²) in [6.45, 7) is -0.641. The second-order valence-corrected chi connectivity index (χ2v) is 16.4. The number of carbonyl (C=O) groups excluding carboxylic acids is 1. The maximum Gasteiger partial charge on any atom is 0.330 e. The lowest BCUT2D eigenvalue weighted by Crippen LogP contribution is -2.59. The van der Waals surface area contributed by atoms with Crippen molar-refractivity contribution in [3.05, 3.63) is 141 Å². The highest BCUT2D eigenvalue weighted by molar-refractivity contribution is 5.87. The van der Waals surface area contributed by atoms with E-state index in [1.54, 1.807) is 12.1 Å². The number of carbonyl (C=O) groups is 1. The summed E-state index contributed by atoms with van der Waals surface area (Å²) in [5.41, 5.74) is 1.28. The van der Waals surface area contributed by atoms with Gasteiger partial charge in [-0.05, 0) is 60.2 Å². The van der Waals surface area contributed by atoms with Crippen LogP contribution in [0, 0.1) is 0 Å². The number of hydrogen-bond acceptors (Lipinski definition) is 19. The number of aliphatic hydroxyl groups is 6. The van der Waals surface area contributed by atoms with Gasteiger partial charge < -0.3 is 94.1 Å². The predicted octanol–water partition coefficient (Wildman–Crippen LogP) is 3.69. The zero-order valence-electron chi connectivity index (χ0n) is 36.3. The van der Waals surface area contributed by atoms with Gasteiger partial charge in [-0.3, -0.25) is 0 Å². The van der Waals surface area contributed by atoms with Gasteiger partial charge in [0.2, 0.25) is 18.1 Å². The quantitative estimate of drug-likeness (QED) is 0.0442. The van der Waals surface area contributed by atoms with Crippen molar-refractivity contribution in [3.63, 3.8) is 0 Å². The zero-order chi connectivity index (χ0) is 49.0. The Bertz CT molecular complexity index is 2890. The third-order valence-corrected chi connectivity index (χ3v) is 12.0. The number of aromatic hydroxyl groups is 7. The van der Waals surface area contributed by atoms with Gasteiger partial charge in [0.05, 0.1) is 25.4 Å². The lowest BCUT2D eigenvalue weighted by molar-refractivity contribution is -0.291. The molecule has 4 aromatic carbocycles. The fourth-order valence-corrected chi connectivity index (χ4v) is 8.48. The molecule has 4 aromatic rings. The topological polar surface area (TPSA) is 317 Å². The molecule has 9 rings (SSSR count). The molecule has 69 heavy (non-hydrogen) atoms. The Morgan fingerprint density at radius 1 is 0.797 bits per heavy atom. The largest absolute Gasteiger partial charge is 0.575 e. The lowest BCUT2D eigenvalue weighted by atomic mass is 9.87. The summed E-state index contributed by atoms with van der Waals surface area (Å²) in [5, 5.41) is 119. The van der Waals surface area contributed by atoms with Gasteiger partial charge in [0, 0.05) is 47.4 Å². The minimum atomic E-state index is -1.98. The average Bonchev–Trinajstić information content (AvgIpc) is 3.32. The molecule has 5 aliphatic rings. The van der Waals surface area contributed by atoms with Crippen molar-refractivity contribution in [1.82, 2.24) is 0 Å². The Balaban J connectivity index is 1.15. The third kappa shape index (κ3) is 8.62. The van der Waals surface area contributed by atoms with Crippen LogP contribution in [0.15, 0.2) is 113 Å². The van der Waals surface area contributed by atoms with Crippen molar-refractivity contribution >= 4 is 23.6 Å². The van der Waals surface area contributed by atoms with Crippen LogP contribution in [-0.4, -0.2) is 131 Å². The molecule has 360 valence electrons. The summed E-state index contributed by atoms with van der Waals surface area (Å²) < 4.78 is 46.4. The summed E-state index contributed by atoms with van der Waals surface area (Å²) in [7, 11) is 2.58. The summed E-state index contributed by atoms with van der Waals surface area (Å²) in [5.74, 6) is -4.16. The Hall–Kier alpha value is -8.01. The first-order valence-electron chi connectivity index (χ1n) is 21.2. The highest BCUT2D eigenvalue weighted by Crippen LogP contribution is 2.54. The molecule has 1 saturated heterocycles. The Kier molecular flexibility index (Phi) is 12.2. The third-order valence-electron chi connectivity index (χ3n) is 12.0. The standard InChI is InChI=1S/C49H44O20/c1-62-35-12-22(13-36(63-2)41(35)58)46-48(69-49-44(61)43(60)42(59)37(67-49)19-64-38(57)10-5-20-3-7-23(50)8-4-20)26-17-34(65-32-14-24(51)15-33(66-46)39(26)32)40-30(55)18-28(53)25-16-31(56)45(68-47(25)40)21-6-9-27(52)29(54)11-21/h3-15,17-18,31-32,37,42-45,49-56,58-61H,16,19H2,1-2H3/p+1/t31-,32?,37-,42-,43+,44-,45-,49+/m1/s1. The van der Waals surface area contributed by atoms with E-state index in [2.05, 4.69) is 0 Å². The Labute approximate surface area is 390 Å². The van der Waals surface area contributed by atoms with Gasteiger partial charge in [0.25, 0.3) is 5.75 Å².